The van der Waals surface area contributed by atoms with E-state index in [2.05, 4.69) is 11.0 Å². The smallest absolute Gasteiger partial charge is 0.314 e. The summed E-state index contributed by atoms with van der Waals surface area (Å²) in [5, 5.41) is 1.23. The van der Waals surface area contributed by atoms with Crippen molar-refractivity contribution in [2.75, 3.05) is 51.4 Å². The molecule has 30 heavy (non-hydrogen) atoms. The third-order valence-electron chi connectivity index (χ3n) is 7.35. The number of anilines is 1. The molecule has 1 saturated carbocycles. The molecule has 1 aromatic carbocycles. The molecule has 1 aliphatic carbocycles. The molecule has 8 heteroatoms. The van der Waals surface area contributed by atoms with Gasteiger partial charge in [0.15, 0.2) is 0 Å². The number of benzene rings is 1. The second kappa shape index (κ2) is 7.89. The molecule has 2 aliphatic heterocycles. The summed E-state index contributed by atoms with van der Waals surface area (Å²) >= 11 is 1.84. The van der Waals surface area contributed by atoms with Crippen LogP contribution in [-0.2, 0) is 4.74 Å². The Morgan fingerprint density at radius 2 is 2.00 bits per heavy atom. The number of carbonyl (C=O) groups is 1. The first kappa shape index (κ1) is 19.9. The highest BCUT2D eigenvalue weighted by atomic mass is 32.1. The van der Waals surface area contributed by atoms with Crippen LogP contribution in [0.3, 0.4) is 0 Å². The van der Waals surface area contributed by atoms with Gasteiger partial charge in [0.25, 0.3) is 0 Å². The summed E-state index contributed by atoms with van der Waals surface area (Å²) in [4.78, 5) is 20.9. The molecule has 7 nitrogen and oxygen atoms in total. The number of aromatic nitrogens is 1. The van der Waals surface area contributed by atoms with Crippen molar-refractivity contribution in [3.63, 3.8) is 0 Å². The number of nitrogens with two attached hydrogens (primary N) is 1. The van der Waals surface area contributed by atoms with Crippen molar-refractivity contribution in [1.82, 2.24) is 9.88 Å². The van der Waals surface area contributed by atoms with Gasteiger partial charge in [-0.1, -0.05) is 6.42 Å². The molecular weight excluding hydrogens is 400 g/mol. The van der Waals surface area contributed by atoms with E-state index in [1.165, 1.54) is 34.7 Å². The zero-order chi connectivity index (χ0) is 20.7. The Morgan fingerprint density at radius 1 is 1.23 bits per heavy atom. The molecule has 3 fully saturated rings. The van der Waals surface area contributed by atoms with Crippen LogP contribution in [0.1, 0.15) is 43.0 Å². The van der Waals surface area contributed by atoms with Gasteiger partial charge in [0.2, 0.25) is 0 Å². The number of nitrogens with zero attached hydrogens (tertiary/aromatic N) is 3. The van der Waals surface area contributed by atoms with E-state index in [0.29, 0.717) is 5.92 Å². The van der Waals surface area contributed by atoms with Crippen LogP contribution in [0.2, 0.25) is 0 Å². The summed E-state index contributed by atoms with van der Waals surface area (Å²) in [6, 6.07) is 3.93. The predicted octanol–water partition coefficient (Wildman–Crippen LogP) is 3.57. The van der Waals surface area contributed by atoms with Crippen molar-refractivity contribution in [3.05, 3.63) is 17.1 Å². The molecule has 3 aliphatic rings. The lowest BCUT2D eigenvalue weighted by Crippen LogP contribution is -2.46. The number of rotatable bonds is 3. The van der Waals surface area contributed by atoms with Gasteiger partial charge in [-0.15, -0.1) is 11.3 Å². The lowest BCUT2D eigenvalue weighted by Gasteiger charge is -2.42. The number of thiazole rings is 1. The zero-order valence-corrected chi connectivity index (χ0v) is 18.4. The van der Waals surface area contributed by atoms with Crippen molar-refractivity contribution in [3.8, 4) is 5.75 Å². The zero-order valence-electron chi connectivity index (χ0n) is 17.6. The maximum Gasteiger partial charge on any atom is 0.314 e. The van der Waals surface area contributed by atoms with E-state index in [9.17, 15) is 4.79 Å². The molecule has 2 saturated heterocycles. The maximum absolute atomic E-state index is 11.6. The van der Waals surface area contributed by atoms with Crippen LogP contribution in [-0.4, -0.2) is 62.4 Å². The quantitative estimate of drug-likeness (QED) is 0.805. The summed E-state index contributed by atoms with van der Waals surface area (Å²) in [6.45, 7) is 4.87. The highest BCUT2D eigenvalue weighted by Gasteiger charge is 2.47. The number of amides is 2. The van der Waals surface area contributed by atoms with Gasteiger partial charge in [0.05, 0.1) is 35.7 Å². The van der Waals surface area contributed by atoms with Crippen LogP contribution < -0.4 is 15.4 Å². The summed E-state index contributed by atoms with van der Waals surface area (Å²) in [6.07, 6.45) is 5.65. The molecule has 3 heterocycles. The molecule has 1 atom stereocenters. The third-order valence-corrected chi connectivity index (χ3v) is 8.54. The molecule has 1 spiro atoms. The molecule has 0 bridgehead atoms. The van der Waals surface area contributed by atoms with Crippen LogP contribution in [0.25, 0.3) is 10.2 Å². The minimum atomic E-state index is -0.292. The summed E-state index contributed by atoms with van der Waals surface area (Å²) in [7, 11) is 1.72. The monoisotopic (exact) mass is 430 g/mol. The SMILES string of the molecule is COc1ccc(N2CCOCC2)c2sc(C3CCCC34CCN(C(N)=O)CC4)nc12. The van der Waals surface area contributed by atoms with Crippen LogP contribution in [0.15, 0.2) is 12.1 Å². The van der Waals surface area contributed by atoms with E-state index in [0.717, 1.165) is 63.5 Å². The number of urea groups is 1. The first-order valence-corrected chi connectivity index (χ1v) is 11.8. The largest absolute Gasteiger partial charge is 0.494 e. The third kappa shape index (κ3) is 3.30. The molecule has 162 valence electrons. The number of hydrogen-bond donors (Lipinski definition) is 1. The molecule has 5 rings (SSSR count). The maximum atomic E-state index is 11.6. The Morgan fingerprint density at radius 3 is 2.70 bits per heavy atom. The fourth-order valence-corrected chi connectivity index (χ4v) is 7.05. The summed E-state index contributed by atoms with van der Waals surface area (Å²) in [5.41, 5.74) is 7.99. The summed E-state index contributed by atoms with van der Waals surface area (Å²) in [5.74, 6) is 1.30. The molecule has 2 aromatic rings. The average molecular weight is 431 g/mol. The topological polar surface area (TPSA) is 80.9 Å². The van der Waals surface area contributed by atoms with Gasteiger partial charge in [0, 0.05) is 32.1 Å². The number of morpholine rings is 1. The number of hydrogen-bond acceptors (Lipinski definition) is 6. The summed E-state index contributed by atoms with van der Waals surface area (Å²) < 4.78 is 12.4. The van der Waals surface area contributed by atoms with Crippen molar-refractivity contribution in [1.29, 1.82) is 0 Å². The molecular formula is C22H30N4O3S. The Balaban J connectivity index is 1.50. The van der Waals surface area contributed by atoms with Crippen LogP contribution >= 0.6 is 11.3 Å². The fourth-order valence-electron chi connectivity index (χ4n) is 5.65. The average Bonchev–Trinajstić information content (AvgIpc) is 3.38. The second-order valence-corrected chi connectivity index (χ2v) is 9.78. The number of likely N-dealkylation sites (tertiary alicyclic amines) is 1. The molecule has 0 radical (unpaired) electrons. The van der Waals surface area contributed by atoms with Crippen molar-refractivity contribution >= 4 is 33.3 Å². The van der Waals surface area contributed by atoms with E-state index in [1.54, 1.807) is 12.0 Å². The lowest BCUT2D eigenvalue weighted by atomic mass is 9.71. The van der Waals surface area contributed by atoms with Crippen LogP contribution in [0.4, 0.5) is 10.5 Å². The second-order valence-electron chi connectivity index (χ2n) is 8.75. The predicted molar refractivity (Wildman–Crippen MR) is 119 cm³/mol. The minimum absolute atomic E-state index is 0.242. The number of primary amides is 1. The molecule has 2 amide bonds. The minimum Gasteiger partial charge on any atom is -0.494 e. The highest BCUT2D eigenvalue weighted by molar-refractivity contribution is 7.19. The normalized spacial score (nSPS) is 24.0. The number of ether oxygens (including phenoxy) is 2. The van der Waals surface area contributed by atoms with Gasteiger partial charge in [-0.3, -0.25) is 0 Å². The first-order chi connectivity index (χ1) is 14.6. The highest BCUT2D eigenvalue weighted by Crippen LogP contribution is 2.57. The van der Waals surface area contributed by atoms with Crippen LogP contribution in [0, 0.1) is 5.41 Å². The molecule has 1 unspecified atom stereocenters. The van der Waals surface area contributed by atoms with Crippen LogP contribution in [0.5, 0.6) is 5.75 Å². The Kier molecular flexibility index (Phi) is 5.23. The lowest BCUT2D eigenvalue weighted by molar-refractivity contribution is 0.111. The Hall–Kier alpha value is -2.06. The van der Waals surface area contributed by atoms with Gasteiger partial charge < -0.3 is 25.0 Å². The van der Waals surface area contributed by atoms with E-state index in [-0.39, 0.29) is 11.4 Å². The van der Waals surface area contributed by atoms with E-state index in [4.69, 9.17) is 20.2 Å². The Labute approximate surface area is 181 Å². The number of fused-ring (bicyclic) bond motifs is 1. The number of piperidine rings is 1. The van der Waals surface area contributed by atoms with Gasteiger partial charge in [0.1, 0.15) is 11.3 Å². The van der Waals surface area contributed by atoms with E-state index >= 15 is 0 Å². The Bertz CT molecular complexity index is 932. The van der Waals surface area contributed by atoms with Gasteiger partial charge in [-0.25, -0.2) is 9.78 Å². The van der Waals surface area contributed by atoms with E-state index in [1.807, 2.05) is 17.4 Å². The van der Waals surface area contributed by atoms with Gasteiger partial charge >= 0.3 is 6.03 Å². The van der Waals surface area contributed by atoms with Crippen molar-refractivity contribution in [2.45, 2.75) is 38.0 Å². The van der Waals surface area contributed by atoms with E-state index < -0.39 is 0 Å². The first-order valence-electron chi connectivity index (χ1n) is 11.0. The van der Waals surface area contributed by atoms with Gasteiger partial charge in [-0.2, -0.15) is 0 Å². The van der Waals surface area contributed by atoms with Crippen molar-refractivity contribution in [2.24, 2.45) is 11.1 Å². The standard InChI is InChI=1S/C22H30N4O3S/c1-28-17-5-4-16(25-11-13-29-14-12-25)19-18(17)24-20(30-19)15-3-2-6-22(15)7-9-26(10-8-22)21(23)27/h4-5,15H,2-3,6-14H2,1H3,(H2,23,27). The molecule has 2 N–H and O–H groups in total. The number of methoxy groups -OCH3 is 1. The number of carbonyl (C=O) groups excluding carboxylic acids is 1. The van der Waals surface area contributed by atoms with Crippen molar-refractivity contribution < 1.29 is 14.3 Å². The molecule has 1 aromatic heterocycles. The van der Waals surface area contributed by atoms with Gasteiger partial charge in [-0.05, 0) is 43.2 Å². The fraction of sp³-hybridized carbons (Fsp3) is 0.636.